The number of nitrogens with zero attached hydrogens (tertiary/aromatic N) is 6. The first-order valence-corrected chi connectivity index (χ1v) is 18.6. The Balaban J connectivity index is 1.08. The highest BCUT2D eigenvalue weighted by molar-refractivity contribution is 7.13. The van der Waals surface area contributed by atoms with E-state index in [1.54, 1.807) is 58.7 Å². The second kappa shape index (κ2) is 15.7. The quantitative estimate of drug-likeness (QED) is 0.128. The normalized spacial score (nSPS) is 16.9. The fourth-order valence-electron chi connectivity index (χ4n) is 6.54. The lowest BCUT2D eigenvalue weighted by molar-refractivity contribution is -0.144. The van der Waals surface area contributed by atoms with Crippen LogP contribution < -0.4 is 16.4 Å². The van der Waals surface area contributed by atoms with Gasteiger partial charge in [0.1, 0.15) is 17.8 Å². The number of nitrogen functional groups attached to an aromatic ring is 1. The van der Waals surface area contributed by atoms with Gasteiger partial charge >= 0.3 is 0 Å². The zero-order chi connectivity index (χ0) is 38.7. The molecule has 15 heteroatoms. The smallest absolute Gasteiger partial charge is 0.246 e. The summed E-state index contributed by atoms with van der Waals surface area (Å²) in [5, 5.41) is 39.4. The number of nitrogens with one attached hydrogen (secondary N) is 2. The topological polar surface area (TPSA) is 201 Å². The molecule has 1 saturated heterocycles. The molecule has 2 aromatic carbocycles. The van der Waals surface area contributed by atoms with E-state index in [-0.39, 0.29) is 55.4 Å². The molecule has 6 N–H and O–H groups in total. The maximum absolute atomic E-state index is 14.1. The number of likely N-dealkylation sites (tertiary alicyclic amines) is 1. The summed E-state index contributed by atoms with van der Waals surface area (Å²) >= 11 is 1.57. The van der Waals surface area contributed by atoms with Crippen molar-refractivity contribution in [1.82, 2.24) is 40.5 Å². The number of hydrogen-bond donors (Lipinski definition) is 5. The number of phenolic OH excluding ortho intramolecular Hbond substituents is 1. The number of aromatic hydroxyl groups is 1. The molecule has 4 unspecified atom stereocenters. The van der Waals surface area contributed by atoms with Gasteiger partial charge in [0.2, 0.25) is 17.7 Å². The number of aliphatic hydroxyl groups excluding tert-OH is 1. The Bertz CT molecular complexity index is 2140. The molecule has 6 rings (SSSR count). The van der Waals surface area contributed by atoms with E-state index in [1.807, 2.05) is 64.4 Å². The Hall–Kier alpha value is -5.67. The van der Waals surface area contributed by atoms with Crippen LogP contribution in [-0.4, -0.2) is 82.5 Å². The number of β-amino-alcohol motifs (C(OH)–C–C–N with tert-alkyl or cyclic N) is 1. The number of hydrogen-bond acceptors (Lipinski definition) is 11. The van der Waals surface area contributed by atoms with Crippen molar-refractivity contribution >= 4 is 34.9 Å². The van der Waals surface area contributed by atoms with Gasteiger partial charge in [0.25, 0.3) is 0 Å². The van der Waals surface area contributed by atoms with Crippen LogP contribution in [0.2, 0.25) is 0 Å². The average molecular weight is 752 g/mol. The number of nitrogens with two attached hydrogens (primary N) is 1. The van der Waals surface area contributed by atoms with Crippen molar-refractivity contribution in [3.63, 3.8) is 0 Å². The summed E-state index contributed by atoms with van der Waals surface area (Å²) in [5.74, 6) is -0.944. The Morgan fingerprint density at radius 3 is 2.46 bits per heavy atom. The van der Waals surface area contributed by atoms with Crippen LogP contribution in [0, 0.1) is 12.3 Å². The molecule has 0 radical (unpaired) electrons. The van der Waals surface area contributed by atoms with Crippen LogP contribution in [0.1, 0.15) is 57.8 Å². The van der Waals surface area contributed by atoms with Gasteiger partial charge in [-0.25, -0.2) is 4.98 Å². The molecule has 4 heterocycles. The van der Waals surface area contributed by atoms with E-state index >= 15 is 0 Å². The fraction of sp³-hybridized carbons (Fsp3) is 0.359. The molecule has 1 aliphatic rings. The minimum atomic E-state index is -0.963. The van der Waals surface area contributed by atoms with Crippen molar-refractivity contribution in [2.45, 2.75) is 78.2 Å². The second-order valence-corrected chi connectivity index (χ2v) is 15.5. The van der Waals surface area contributed by atoms with Gasteiger partial charge in [0.05, 0.1) is 40.1 Å². The number of phenols is 1. The number of aliphatic hydroxyl groups is 1. The van der Waals surface area contributed by atoms with E-state index in [9.17, 15) is 24.6 Å². The van der Waals surface area contributed by atoms with Gasteiger partial charge in [0, 0.05) is 48.8 Å². The Kier molecular flexibility index (Phi) is 11.1. The SMILES string of the molecule is Cc1ncsc1-c1ccc(C(C)NC(=O)C2CC(O)CN2C(=O)C(NC(=O)CCn2cc(-c3cc(-c4ccccc4O)nnc3N)cn2)C(C)(C)C)cc1. The minimum Gasteiger partial charge on any atom is -0.507 e. The fourth-order valence-corrected chi connectivity index (χ4v) is 7.36. The molecule has 0 spiro atoms. The number of carbonyl (C=O) groups excluding carboxylic acids is 3. The van der Waals surface area contributed by atoms with Crippen LogP contribution in [0.3, 0.4) is 0 Å². The summed E-state index contributed by atoms with van der Waals surface area (Å²) in [4.78, 5) is 47.9. The third-order valence-electron chi connectivity index (χ3n) is 9.57. The summed E-state index contributed by atoms with van der Waals surface area (Å²) in [6.07, 6.45) is 2.55. The average Bonchev–Trinajstić information content (AvgIpc) is 3.89. The summed E-state index contributed by atoms with van der Waals surface area (Å²) in [6.45, 7) is 9.55. The molecule has 54 heavy (non-hydrogen) atoms. The Morgan fingerprint density at radius 2 is 1.78 bits per heavy atom. The molecule has 282 valence electrons. The van der Waals surface area contributed by atoms with E-state index in [1.165, 1.54) is 4.90 Å². The molecule has 14 nitrogen and oxygen atoms in total. The number of aryl methyl sites for hydroxylation is 2. The van der Waals surface area contributed by atoms with E-state index < -0.39 is 29.5 Å². The Morgan fingerprint density at radius 1 is 1.04 bits per heavy atom. The molecule has 3 aromatic heterocycles. The van der Waals surface area contributed by atoms with Crippen LogP contribution >= 0.6 is 11.3 Å². The molecule has 0 bridgehead atoms. The summed E-state index contributed by atoms with van der Waals surface area (Å²) in [7, 11) is 0. The minimum absolute atomic E-state index is 0.0135. The van der Waals surface area contributed by atoms with Gasteiger partial charge in [0.15, 0.2) is 5.82 Å². The first kappa shape index (κ1) is 38.1. The van der Waals surface area contributed by atoms with Crippen LogP contribution in [0.15, 0.2) is 72.5 Å². The summed E-state index contributed by atoms with van der Waals surface area (Å²) < 4.78 is 1.59. The predicted octanol–water partition coefficient (Wildman–Crippen LogP) is 4.49. The predicted molar refractivity (Wildman–Crippen MR) is 206 cm³/mol. The first-order valence-electron chi connectivity index (χ1n) is 17.7. The molecule has 3 amide bonds. The van der Waals surface area contributed by atoms with E-state index in [0.29, 0.717) is 22.4 Å². The molecule has 1 aliphatic heterocycles. The van der Waals surface area contributed by atoms with E-state index in [0.717, 1.165) is 21.7 Å². The number of rotatable bonds is 11. The highest BCUT2D eigenvalue weighted by Crippen LogP contribution is 2.33. The monoisotopic (exact) mass is 751 g/mol. The van der Waals surface area contributed by atoms with Crippen molar-refractivity contribution in [3.05, 3.63) is 83.8 Å². The summed E-state index contributed by atoms with van der Waals surface area (Å²) in [6, 6.07) is 14.2. The molecule has 5 aromatic rings. The second-order valence-electron chi connectivity index (χ2n) is 14.7. The third-order valence-corrected chi connectivity index (χ3v) is 10.6. The summed E-state index contributed by atoms with van der Waals surface area (Å²) in [5.41, 5.74) is 12.3. The van der Waals surface area contributed by atoms with E-state index in [4.69, 9.17) is 5.73 Å². The molecule has 4 atom stereocenters. The third kappa shape index (κ3) is 8.42. The van der Waals surface area contributed by atoms with Gasteiger partial charge < -0.3 is 31.5 Å². The zero-order valence-corrected chi connectivity index (χ0v) is 31.7. The number of anilines is 1. The lowest BCUT2D eigenvalue weighted by Gasteiger charge is -2.35. The van der Waals surface area contributed by atoms with Crippen LogP contribution in [0.5, 0.6) is 5.75 Å². The van der Waals surface area contributed by atoms with Crippen LogP contribution in [-0.2, 0) is 20.9 Å². The standard InChI is InChI=1S/C39H45N9O5S/c1-22(24-10-12-25(13-11-24)34-23(2)41-21-54-34)43-37(52)31-16-27(49)20-48(31)38(53)35(39(3,4)5)44-33(51)14-15-47-19-26(18-42-47)29-17-30(45-46-36(29)40)28-8-6-7-9-32(28)50/h6-13,17-19,21-22,27,31,35,49-50H,14-16,20H2,1-5H3,(H2,40,46)(H,43,52)(H,44,51). The van der Waals surface area contributed by atoms with Crippen LogP contribution in [0.4, 0.5) is 5.82 Å². The van der Waals surface area contributed by atoms with Gasteiger partial charge in [-0.3, -0.25) is 19.1 Å². The first-order chi connectivity index (χ1) is 25.7. The number of aromatic nitrogens is 5. The van der Waals surface area contributed by atoms with Gasteiger partial charge in [-0.2, -0.15) is 5.10 Å². The maximum atomic E-state index is 14.1. The van der Waals surface area contributed by atoms with Crippen molar-refractivity contribution in [1.29, 1.82) is 0 Å². The lowest BCUT2D eigenvalue weighted by atomic mass is 9.85. The lowest BCUT2D eigenvalue weighted by Crippen LogP contribution is -2.57. The molecule has 0 aliphatic carbocycles. The highest BCUT2D eigenvalue weighted by Gasteiger charge is 2.44. The van der Waals surface area contributed by atoms with Crippen molar-refractivity contribution in [3.8, 4) is 38.6 Å². The van der Waals surface area contributed by atoms with E-state index in [2.05, 4.69) is 30.9 Å². The molecule has 1 fully saturated rings. The largest absolute Gasteiger partial charge is 0.507 e. The molecular weight excluding hydrogens is 707 g/mol. The van der Waals surface area contributed by atoms with Crippen LogP contribution in [0.25, 0.3) is 32.8 Å². The molecular formula is C39H45N9O5S. The van der Waals surface area contributed by atoms with Gasteiger partial charge in [-0.15, -0.1) is 21.5 Å². The van der Waals surface area contributed by atoms with Crippen molar-refractivity contribution in [2.24, 2.45) is 5.41 Å². The number of para-hydroxylation sites is 1. The number of carbonyl (C=O) groups is 3. The van der Waals surface area contributed by atoms with Gasteiger partial charge in [-0.1, -0.05) is 57.2 Å². The highest BCUT2D eigenvalue weighted by atomic mass is 32.1. The molecule has 0 saturated carbocycles. The zero-order valence-electron chi connectivity index (χ0n) is 30.9. The number of thiazole rings is 1. The van der Waals surface area contributed by atoms with Crippen molar-refractivity contribution in [2.75, 3.05) is 12.3 Å². The Labute approximate surface area is 317 Å². The van der Waals surface area contributed by atoms with Crippen molar-refractivity contribution < 1.29 is 24.6 Å². The van der Waals surface area contributed by atoms with Gasteiger partial charge in [-0.05, 0) is 48.6 Å². The maximum Gasteiger partial charge on any atom is 0.246 e. The number of amides is 3. The number of benzene rings is 2.